The number of carbonyl (C=O) groups is 1. The van der Waals surface area contributed by atoms with Crippen molar-refractivity contribution in [2.24, 2.45) is 0 Å². The molecule has 1 aliphatic rings. The lowest BCUT2D eigenvalue weighted by molar-refractivity contribution is -0.116. The Morgan fingerprint density at radius 2 is 1.85 bits per heavy atom. The summed E-state index contributed by atoms with van der Waals surface area (Å²) in [6.45, 7) is 4.68. The van der Waals surface area contributed by atoms with Crippen molar-refractivity contribution in [3.8, 4) is 5.75 Å². The fraction of sp³-hybridized carbons (Fsp3) is 0.296. The summed E-state index contributed by atoms with van der Waals surface area (Å²) in [5, 5.41) is 2.82. The molecule has 0 aliphatic carbocycles. The van der Waals surface area contributed by atoms with Gasteiger partial charge in [0.05, 0.1) is 24.5 Å². The summed E-state index contributed by atoms with van der Waals surface area (Å²) in [5.74, 6) is 0.307. The number of fused-ring (bicyclic) bond motifs is 1. The molecule has 210 valence electrons. The number of sulfonamides is 1. The van der Waals surface area contributed by atoms with Crippen LogP contribution in [0.3, 0.4) is 0 Å². The average molecular weight is 647 g/mol. The monoisotopic (exact) mass is 645 g/mol. The summed E-state index contributed by atoms with van der Waals surface area (Å²) in [5.41, 5.74) is 1.82. The van der Waals surface area contributed by atoms with E-state index in [4.69, 9.17) is 4.74 Å². The normalized spacial score (nSPS) is 14.4. The largest absolute Gasteiger partial charge is 0.495 e. The second kappa shape index (κ2) is 11.3. The lowest BCUT2D eigenvalue weighted by atomic mass is 10.2. The van der Waals surface area contributed by atoms with Crippen LogP contribution >= 0.6 is 27.3 Å². The molecule has 1 N–H and O–H groups in total. The van der Waals surface area contributed by atoms with E-state index in [2.05, 4.69) is 31.1 Å². The van der Waals surface area contributed by atoms with Crippen LogP contribution in [0.25, 0.3) is 10.2 Å². The first-order valence-corrected chi connectivity index (χ1v) is 15.6. The van der Waals surface area contributed by atoms with Gasteiger partial charge in [0.1, 0.15) is 22.0 Å². The number of para-hydroxylation sites is 2. The Balaban J connectivity index is 1.40. The zero-order valence-corrected chi connectivity index (χ0v) is 25.4. The van der Waals surface area contributed by atoms with Gasteiger partial charge in [-0.1, -0.05) is 28.1 Å². The van der Waals surface area contributed by atoms with E-state index in [1.807, 2.05) is 43.3 Å². The third kappa shape index (κ3) is 5.38. The zero-order chi connectivity index (χ0) is 28.6. The molecule has 40 heavy (non-hydrogen) atoms. The van der Waals surface area contributed by atoms with Gasteiger partial charge in [0.2, 0.25) is 15.9 Å². The van der Waals surface area contributed by atoms with Crippen LogP contribution in [-0.2, 0) is 21.4 Å². The fourth-order valence-electron chi connectivity index (χ4n) is 4.84. The van der Waals surface area contributed by atoms with Crippen molar-refractivity contribution in [1.29, 1.82) is 0 Å². The Hall–Kier alpha value is -3.26. The second-order valence-corrected chi connectivity index (χ2v) is 13.4. The summed E-state index contributed by atoms with van der Waals surface area (Å²) < 4.78 is 36.7. The van der Waals surface area contributed by atoms with Gasteiger partial charge < -0.3 is 15.0 Å². The van der Waals surface area contributed by atoms with Crippen molar-refractivity contribution >= 4 is 64.8 Å². The predicted molar refractivity (Wildman–Crippen MR) is 160 cm³/mol. The number of ether oxygens (including phenoxy) is 1. The van der Waals surface area contributed by atoms with E-state index in [0.29, 0.717) is 28.5 Å². The van der Waals surface area contributed by atoms with Crippen molar-refractivity contribution in [1.82, 2.24) is 13.9 Å². The number of nitrogens with zero attached hydrogens (tertiary/aromatic N) is 4. The molecule has 0 radical (unpaired) electrons. The van der Waals surface area contributed by atoms with Crippen LogP contribution in [0, 0.1) is 13.8 Å². The number of aromatic nitrogens is 2. The van der Waals surface area contributed by atoms with Crippen molar-refractivity contribution in [2.45, 2.75) is 25.3 Å². The van der Waals surface area contributed by atoms with E-state index in [9.17, 15) is 18.0 Å². The molecule has 0 bridgehead atoms. The maximum Gasteiger partial charge on any atom is 0.263 e. The molecule has 2 aromatic carbocycles. The highest BCUT2D eigenvalue weighted by molar-refractivity contribution is 9.10. The van der Waals surface area contributed by atoms with E-state index in [1.54, 1.807) is 20.1 Å². The first kappa shape index (κ1) is 28.3. The number of halogens is 1. The smallest absolute Gasteiger partial charge is 0.263 e. The van der Waals surface area contributed by atoms with Crippen LogP contribution in [0.5, 0.6) is 5.75 Å². The SMILES string of the molecule is COc1ccccc1N1CCN(S(=O)(=O)c2c(C)sc3ncn(CC(=O)Nc4ccc(Br)cc4C)c(=O)c23)CC1. The van der Waals surface area contributed by atoms with Crippen LogP contribution < -0.4 is 20.5 Å². The van der Waals surface area contributed by atoms with Gasteiger partial charge >= 0.3 is 0 Å². The first-order valence-electron chi connectivity index (χ1n) is 12.5. The number of hydrogen-bond donors (Lipinski definition) is 1. The van der Waals surface area contributed by atoms with E-state index >= 15 is 0 Å². The van der Waals surface area contributed by atoms with Gasteiger partial charge in [-0.2, -0.15) is 4.31 Å². The third-order valence-corrected chi connectivity index (χ3v) is 10.5. The number of piperazine rings is 1. The minimum atomic E-state index is -4.00. The molecule has 1 amide bonds. The van der Waals surface area contributed by atoms with Crippen molar-refractivity contribution in [3.05, 3.63) is 74.1 Å². The molecule has 4 aromatic rings. The number of hydrogen-bond acceptors (Lipinski definition) is 8. The quantitative estimate of drug-likeness (QED) is 0.323. The molecular formula is C27H28BrN5O5S2. The topological polar surface area (TPSA) is 114 Å². The molecule has 5 rings (SSSR count). The molecule has 13 heteroatoms. The number of rotatable bonds is 7. The van der Waals surface area contributed by atoms with Gasteiger partial charge in [0.15, 0.2) is 0 Å². The molecule has 1 saturated heterocycles. The number of thiophene rings is 1. The van der Waals surface area contributed by atoms with Gasteiger partial charge in [-0.25, -0.2) is 13.4 Å². The molecule has 0 saturated carbocycles. The average Bonchev–Trinajstić information content (AvgIpc) is 3.29. The van der Waals surface area contributed by atoms with Crippen LogP contribution in [0.1, 0.15) is 10.4 Å². The van der Waals surface area contributed by atoms with Gasteiger partial charge in [-0.3, -0.25) is 14.2 Å². The molecule has 3 heterocycles. The molecule has 0 atom stereocenters. The predicted octanol–water partition coefficient (Wildman–Crippen LogP) is 4.00. The van der Waals surface area contributed by atoms with Crippen LogP contribution in [-0.4, -0.2) is 61.5 Å². The number of anilines is 2. The summed E-state index contributed by atoms with van der Waals surface area (Å²) in [6, 6.07) is 13.1. The van der Waals surface area contributed by atoms with Crippen LogP contribution in [0.4, 0.5) is 11.4 Å². The van der Waals surface area contributed by atoms with E-state index in [-0.39, 0.29) is 29.9 Å². The maximum absolute atomic E-state index is 13.9. The standard InChI is InChI=1S/C27H28BrN5O5S2/c1-17-14-19(28)8-9-20(17)30-23(34)15-32-16-29-26-24(27(32)35)25(18(2)39-26)40(36,37)33-12-10-31(11-13-33)21-6-4-5-7-22(21)38-3/h4-9,14,16H,10-13,15H2,1-3H3,(H,30,34). The number of carbonyl (C=O) groups excluding carboxylic acids is 1. The molecule has 1 aliphatic heterocycles. The van der Waals surface area contributed by atoms with Crippen molar-refractivity contribution in [3.63, 3.8) is 0 Å². The number of methoxy groups -OCH3 is 1. The maximum atomic E-state index is 13.9. The Morgan fingerprint density at radius 1 is 1.12 bits per heavy atom. The number of aryl methyl sites for hydroxylation is 2. The minimum Gasteiger partial charge on any atom is -0.495 e. The molecule has 0 unspecified atom stereocenters. The minimum absolute atomic E-state index is 0.0183. The highest BCUT2D eigenvalue weighted by Crippen LogP contribution is 2.34. The molecular weight excluding hydrogens is 618 g/mol. The number of benzene rings is 2. The summed E-state index contributed by atoms with van der Waals surface area (Å²) >= 11 is 4.55. The van der Waals surface area contributed by atoms with Crippen LogP contribution in [0.2, 0.25) is 0 Å². The Kier molecular flexibility index (Phi) is 8.00. The molecule has 10 nitrogen and oxygen atoms in total. The first-order chi connectivity index (χ1) is 19.1. The van der Waals surface area contributed by atoms with Gasteiger partial charge in [0, 0.05) is 41.2 Å². The van der Waals surface area contributed by atoms with Crippen molar-refractivity contribution in [2.75, 3.05) is 43.5 Å². The second-order valence-electron chi connectivity index (χ2n) is 9.42. The van der Waals surface area contributed by atoms with Crippen molar-refractivity contribution < 1.29 is 17.9 Å². The Bertz CT molecular complexity index is 1760. The lowest BCUT2D eigenvalue weighted by Crippen LogP contribution is -2.49. The summed E-state index contributed by atoms with van der Waals surface area (Å²) in [7, 11) is -2.39. The van der Waals surface area contributed by atoms with E-state index in [1.165, 1.54) is 10.6 Å². The molecule has 0 spiro atoms. The zero-order valence-electron chi connectivity index (χ0n) is 22.2. The number of nitrogens with one attached hydrogen (secondary N) is 1. The Labute approximate surface area is 244 Å². The van der Waals surface area contributed by atoms with Crippen LogP contribution in [0.15, 0.2) is 63.0 Å². The van der Waals surface area contributed by atoms with Gasteiger partial charge in [0.25, 0.3) is 5.56 Å². The molecule has 1 fully saturated rings. The summed E-state index contributed by atoms with van der Waals surface area (Å²) in [4.78, 5) is 33.5. The fourth-order valence-corrected chi connectivity index (χ4v) is 8.40. The third-order valence-electron chi connectivity index (χ3n) is 6.84. The summed E-state index contributed by atoms with van der Waals surface area (Å²) in [6.07, 6.45) is 1.29. The lowest BCUT2D eigenvalue weighted by Gasteiger charge is -2.35. The van der Waals surface area contributed by atoms with Gasteiger partial charge in [-0.05, 0) is 49.7 Å². The van der Waals surface area contributed by atoms with E-state index < -0.39 is 21.5 Å². The highest BCUT2D eigenvalue weighted by atomic mass is 79.9. The molecule has 2 aromatic heterocycles. The Morgan fingerprint density at radius 3 is 2.55 bits per heavy atom. The van der Waals surface area contributed by atoms with E-state index in [0.717, 1.165) is 37.4 Å². The van der Waals surface area contributed by atoms with Gasteiger partial charge in [-0.15, -0.1) is 11.3 Å². The number of amides is 1. The highest BCUT2D eigenvalue weighted by Gasteiger charge is 2.34.